The van der Waals surface area contributed by atoms with Crippen molar-refractivity contribution in [2.45, 2.75) is 58.2 Å². The highest BCUT2D eigenvalue weighted by molar-refractivity contribution is 6.33. The van der Waals surface area contributed by atoms with E-state index in [1.165, 1.54) is 34.5 Å². The number of rotatable bonds is 6. The summed E-state index contributed by atoms with van der Waals surface area (Å²) in [6.45, 7) is 3.32. The molecule has 2 aliphatic heterocycles. The van der Waals surface area contributed by atoms with Crippen molar-refractivity contribution in [3.05, 3.63) is 91.5 Å². The average molecular weight is 567 g/mol. The molecular weight excluding hydrogens is 535 g/mol. The summed E-state index contributed by atoms with van der Waals surface area (Å²) in [6, 6.07) is 12.3. The molecule has 8 nitrogen and oxygen atoms in total. The number of likely N-dealkylation sites (tertiary alicyclic amines) is 1. The summed E-state index contributed by atoms with van der Waals surface area (Å²) < 4.78 is 16.4. The molecular formula is C30H32ClFN4O4. The Kier molecular flexibility index (Phi) is 8.21. The smallest absolute Gasteiger partial charge is 0.331 e. The van der Waals surface area contributed by atoms with Crippen molar-refractivity contribution >= 4 is 23.4 Å². The van der Waals surface area contributed by atoms with Crippen LogP contribution >= 0.6 is 11.6 Å². The van der Waals surface area contributed by atoms with Gasteiger partial charge in [-0.1, -0.05) is 54.9 Å². The summed E-state index contributed by atoms with van der Waals surface area (Å²) in [5.41, 5.74) is 1.35. The van der Waals surface area contributed by atoms with Crippen LogP contribution in [0.3, 0.4) is 0 Å². The number of fused-ring (bicyclic) bond motifs is 1. The van der Waals surface area contributed by atoms with E-state index in [0.717, 1.165) is 16.6 Å². The summed E-state index contributed by atoms with van der Waals surface area (Å²) in [7, 11) is 0. The molecule has 3 heterocycles. The fourth-order valence-corrected chi connectivity index (χ4v) is 5.97. The van der Waals surface area contributed by atoms with Gasteiger partial charge >= 0.3 is 5.69 Å². The molecule has 1 saturated heterocycles. The normalized spacial score (nSPS) is 16.1. The van der Waals surface area contributed by atoms with Crippen molar-refractivity contribution in [3.63, 3.8) is 0 Å². The van der Waals surface area contributed by atoms with Gasteiger partial charge in [0.2, 0.25) is 11.8 Å². The number of nitrogens with zero attached hydrogens (tertiary/aromatic N) is 4. The van der Waals surface area contributed by atoms with Crippen molar-refractivity contribution < 1.29 is 14.0 Å². The largest absolute Gasteiger partial charge is 0.341 e. The van der Waals surface area contributed by atoms with Gasteiger partial charge in [0.15, 0.2) is 0 Å². The molecule has 210 valence electrons. The molecule has 5 rings (SSSR count). The van der Waals surface area contributed by atoms with Crippen molar-refractivity contribution in [2.24, 2.45) is 0 Å². The number of piperidine rings is 1. The van der Waals surface area contributed by atoms with Gasteiger partial charge in [-0.3, -0.25) is 23.5 Å². The maximum absolute atomic E-state index is 14.2. The number of carbonyl (C=O) groups is 2. The third kappa shape index (κ3) is 5.47. The van der Waals surface area contributed by atoms with Crippen LogP contribution in [0.1, 0.15) is 37.3 Å². The Morgan fingerprint density at radius 3 is 2.42 bits per heavy atom. The lowest BCUT2D eigenvalue weighted by Gasteiger charge is -2.38. The molecule has 10 heteroatoms. The maximum Gasteiger partial charge on any atom is 0.331 e. The maximum atomic E-state index is 14.2. The van der Waals surface area contributed by atoms with Crippen molar-refractivity contribution in [3.8, 4) is 11.1 Å². The molecule has 0 aliphatic carbocycles. The first-order valence-corrected chi connectivity index (χ1v) is 14.1. The first kappa shape index (κ1) is 27.8. The van der Waals surface area contributed by atoms with Gasteiger partial charge in [-0.05, 0) is 42.9 Å². The SMILES string of the molecule is CCCn1c(=O)c(-c2cccc(F)c2Cl)cn(CC(=O)N2CCC(N3CCc4ccccc4CC3=O)CC2)c1=O. The lowest BCUT2D eigenvalue weighted by molar-refractivity contribution is -0.136. The second-order valence-electron chi connectivity index (χ2n) is 10.4. The van der Waals surface area contributed by atoms with E-state index in [-0.39, 0.29) is 47.1 Å². The number of halogens is 2. The average Bonchev–Trinajstić information content (AvgIpc) is 3.12. The number of aromatic nitrogens is 2. The van der Waals surface area contributed by atoms with Gasteiger partial charge in [-0.15, -0.1) is 0 Å². The molecule has 0 saturated carbocycles. The number of amides is 2. The highest BCUT2D eigenvalue weighted by Gasteiger charge is 2.31. The van der Waals surface area contributed by atoms with Crippen molar-refractivity contribution in [1.29, 1.82) is 0 Å². The van der Waals surface area contributed by atoms with Crippen molar-refractivity contribution in [2.75, 3.05) is 19.6 Å². The number of hydrogen-bond donors (Lipinski definition) is 0. The predicted octanol–water partition coefficient (Wildman–Crippen LogP) is 3.50. The first-order chi connectivity index (χ1) is 19.3. The summed E-state index contributed by atoms with van der Waals surface area (Å²) in [4.78, 5) is 56.3. The molecule has 3 aromatic rings. The number of hydrogen-bond acceptors (Lipinski definition) is 4. The molecule has 0 bridgehead atoms. The van der Waals surface area contributed by atoms with Gasteiger partial charge in [0.25, 0.3) is 5.56 Å². The van der Waals surface area contributed by atoms with Crippen LogP contribution in [-0.4, -0.2) is 56.4 Å². The van der Waals surface area contributed by atoms with Crippen LogP contribution in [-0.2, 0) is 35.5 Å². The number of carbonyl (C=O) groups excluding carboxylic acids is 2. The molecule has 0 radical (unpaired) electrons. The lowest BCUT2D eigenvalue weighted by Crippen LogP contribution is -2.50. The lowest BCUT2D eigenvalue weighted by atomic mass is 10.0. The fraction of sp³-hybridized carbons (Fsp3) is 0.400. The molecule has 0 N–H and O–H groups in total. The van der Waals surface area contributed by atoms with Crippen LogP contribution in [0.2, 0.25) is 5.02 Å². The Morgan fingerprint density at radius 2 is 1.70 bits per heavy atom. The van der Waals surface area contributed by atoms with Crippen LogP contribution in [0.25, 0.3) is 11.1 Å². The zero-order valence-corrected chi connectivity index (χ0v) is 23.2. The van der Waals surface area contributed by atoms with Crippen LogP contribution in [0, 0.1) is 5.82 Å². The molecule has 0 atom stereocenters. The Bertz CT molecular complexity index is 1560. The zero-order chi connectivity index (χ0) is 28.4. The van der Waals surface area contributed by atoms with E-state index in [1.807, 2.05) is 30.0 Å². The molecule has 2 aliphatic rings. The summed E-state index contributed by atoms with van der Waals surface area (Å²) in [5.74, 6) is -0.819. The van der Waals surface area contributed by atoms with Gasteiger partial charge in [0.05, 0.1) is 17.0 Å². The van der Waals surface area contributed by atoms with Gasteiger partial charge in [-0.2, -0.15) is 0 Å². The minimum atomic E-state index is -0.677. The first-order valence-electron chi connectivity index (χ1n) is 13.7. The third-order valence-corrected chi connectivity index (χ3v) is 8.28. The van der Waals surface area contributed by atoms with Crippen molar-refractivity contribution in [1.82, 2.24) is 18.9 Å². The Morgan fingerprint density at radius 1 is 0.975 bits per heavy atom. The highest BCUT2D eigenvalue weighted by Crippen LogP contribution is 2.28. The van der Waals surface area contributed by atoms with Gasteiger partial charge in [0, 0.05) is 44.0 Å². The fourth-order valence-electron chi connectivity index (χ4n) is 5.75. The summed E-state index contributed by atoms with van der Waals surface area (Å²) in [6.07, 6.45) is 4.34. The van der Waals surface area contributed by atoms with E-state index < -0.39 is 17.1 Å². The van der Waals surface area contributed by atoms with E-state index >= 15 is 0 Å². The van der Waals surface area contributed by atoms with E-state index in [1.54, 1.807) is 4.90 Å². The topological polar surface area (TPSA) is 84.6 Å². The van der Waals surface area contributed by atoms with E-state index in [2.05, 4.69) is 6.07 Å². The number of benzene rings is 2. The highest BCUT2D eigenvalue weighted by atomic mass is 35.5. The van der Waals surface area contributed by atoms with Gasteiger partial charge < -0.3 is 9.80 Å². The Labute approximate surface area is 236 Å². The van der Waals surface area contributed by atoms with Crippen LogP contribution in [0.5, 0.6) is 0 Å². The molecule has 2 aromatic carbocycles. The second-order valence-corrected chi connectivity index (χ2v) is 10.8. The molecule has 0 spiro atoms. The predicted molar refractivity (Wildman–Crippen MR) is 151 cm³/mol. The van der Waals surface area contributed by atoms with E-state index in [4.69, 9.17) is 11.6 Å². The van der Waals surface area contributed by atoms with Gasteiger partial charge in [-0.25, -0.2) is 9.18 Å². The molecule has 1 aromatic heterocycles. The van der Waals surface area contributed by atoms with Crippen LogP contribution < -0.4 is 11.2 Å². The quantitative estimate of drug-likeness (QED) is 0.457. The summed E-state index contributed by atoms with van der Waals surface area (Å²) >= 11 is 6.16. The molecule has 40 heavy (non-hydrogen) atoms. The second kappa shape index (κ2) is 11.8. The Balaban J connectivity index is 1.31. The molecule has 0 unspecified atom stereocenters. The molecule has 2 amide bonds. The van der Waals surface area contributed by atoms with E-state index in [9.17, 15) is 23.6 Å². The standard InChI is InChI=1S/C30H32ClFN4O4/c1-2-13-36-29(39)24(23-8-5-9-25(32)28(23)31)18-34(30(36)40)19-27(38)33-14-11-22(12-15-33)35-16-10-20-6-3-4-7-21(20)17-26(35)37/h3-9,18,22H,2,10-17,19H2,1H3. The van der Waals surface area contributed by atoms with E-state index in [0.29, 0.717) is 45.3 Å². The summed E-state index contributed by atoms with van der Waals surface area (Å²) in [5, 5.41) is -0.215. The minimum absolute atomic E-state index is 0.0572. The van der Waals surface area contributed by atoms with Gasteiger partial charge in [0.1, 0.15) is 12.4 Å². The van der Waals surface area contributed by atoms with Crippen LogP contribution in [0.4, 0.5) is 4.39 Å². The van der Waals surface area contributed by atoms with Crippen LogP contribution in [0.15, 0.2) is 58.3 Å². The molecule has 1 fully saturated rings. The third-order valence-electron chi connectivity index (χ3n) is 7.89. The minimum Gasteiger partial charge on any atom is -0.341 e. The Hall–Kier alpha value is -3.72. The monoisotopic (exact) mass is 566 g/mol. The zero-order valence-electron chi connectivity index (χ0n) is 22.4.